The van der Waals surface area contributed by atoms with Gasteiger partial charge in [-0.15, -0.1) is 11.3 Å². The Hall–Kier alpha value is -3.65. The lowest BCUT2D eigenvalue weighted by Crippen LogP contribution is -2.07. The molecule has 0 radical (unpaired) electrons. The first-order valence-electron chi connectivity index (χ1n) is 8.50. The third-order valence-corrected chi connectivity index (χ3v) is 5.31. The molecule has 0 spiro atoms. The van der Waals surface area contributed by atoms with Crippen molar-refractivity contribution < 1.29 is 5.11 Å². The maximum Gasteiger partial charge on any atom is 0.291 e. The molecule has 2 N–H and O–H groups in total. The lowest BCUT2D eigenvalue weighted by Gasteiger charge is -2.09. The molecule has 7 nitrogen and oxygen atoms in total. The van der Waals surface area contributed by atoms with Gasteiger partial charge in [-0.3, -0.25) is 9.78 Å². The maximum absolute atomic E-state index is 11.8. The number of thiazole rings is 1. The molecule has 4 aromatic heterocycles. The molecule has 28 heavy (non-hydrogen) atoms. The van der Waals surface area contributed by atoms with E-state index in [0.29, 0.717) is 22.6 Å². The second-order valence-corrected chi connectivity index (χ2v) is 7.53. The normalized spacial score (nSPS) is 11.3. The third-order valence-electron chi connectivity index (χ3n) is 4.39. The summed E-state index contributed by atoms with van der Waals surface area (Å²) in [4.78, 5) is 33.2. The topological polar surface area (TPSA) is 105 Å². The number of aryl methyl sites for hydroxylation is 1. The van der Waals surface area contributed by atoms with E-state index in [0.717, 1.165) is 26.4 Å². The SMILES string of the molecule is Cc1ncc(-c2nc3[nH]c(=O)c(O)cc3nc2-c2ccc3ncccc3c2)s1. The zero-order valence-corrected chi connectivity index (χ0v) is 15.5. The van der Waals surface area contributed by atoms with Gasteiger partial charge in [0.25, 0.3) is 5.56 Å². The molecule has 0 unspecified atom stereocenters. The summed E-state index contributed by atoms with van der Waals surface area (Å²) in [5.74, 6) is -0.392. The van der Waals surface area contributed by atoms with Gasteiger partial charge in [0, 0.05) is 29.4 Å². The van der Waals surface area contributed by atoms with Crippen molar-refractivity contribution in [2.24, 2.45) is 0 Å². The Balaban J connectivity index is 1.83. The highest BCUT2D eigenvalue weighted by atomic mass is 32.1. The average Bonchev–Trinajstić information content (AvgIpc) is 3.14. The molecular weight excluding hydrogens is 374 g/mol. The molecule has 0 bridgehead atoms. The van der Waals surface area contributed by atoms with E-state index in [-0.39, 0.29) is 0 Å². The summed E-state index contributed by atoms with van der Waals surface area (Å²) >= 11 is 1.50. The van der Waals surface area contributed by atoms with Gasteiger partial charge in [-0.25, -0.2) is 15.0 Å². The third kappa shape index (κ3) is 2.71. The number of hydrogen-bond donors (Lipinski definition) is 2. The number of aromatic amines is 1. The summed E-state index contributed by atoms with van der Waals surface area (Å²) in [5, 5.41) is 11.7. The molecule has 0 saturated heterocycles. The Morgan fingerprint density at radius 1 is 1.04 bits per heavy atom. The van der Waals surface area contributed by atoms with Gasteiger partial charge in [-0.2, -0.15) is 0 Å². The van der Waals surface area contributed by atoms with E-state index in [9.17, 15) is 9.90 Å². The maximum atomic E-state index is 11.8. The molecule has 8 heteroatoms. The molecule has 5 aromatic rings. The lowest BCUT2D eigenvalue weighted by atomic mass is 10.1. The van der Waals surface area contributed by atoms with E-state index in [1.54, 1.807) is 12.4 Å². The standard InChI is InChI=1S/C20H13N5O2S/c1-10-22-9-16(28-10)18-17(12-4-5-13-11(7-12)3-2-6-21-13)23-14-8-15(26)20(27)25-19(14)24-18/h2-9,26H,1H3,(H,24,25,27). The van der Waals surface area contributed by atoms with Gasteiger partial charge in [0.2, 0.25) is 0 Å². The van der Waals surface area contributed by atoms with Crippen LogP contribution in [0.3, 0.4) is 0 Å². The van der Waals surface area contributed by atoms with Gasteiger partial charge in [0.05, 0.1) is 21.1 Å². The number of rotatable bonds is 2. The predicted molar refractivity (Wildman–Crippen MR) is 108 cm³/mol. The van der Waals surface area contributed by atoms with Gasteiger partial charge in [-0.1, -0.05) is 12.1 Å². The number of nitrogens with zero attached hydrogens (tertiary/aromatic N) is 4. The molecule has 0 aliphatic heterocycles. The second kappa shape index (κ2) is 6.21. The molecular formula is C20H13N5O2S. The zero-order valence-electron chi connectivity index (χ0n) is 14.7. The summed E-state index contributed by atoms with van der Waals surface area (Å²) in [5.41, 5.74) is 3.14. The van der Waals surface area contributed by atoms with Crippen LogP contribution in [0, 0.1) is 6.92 Å². The number of hydrogen-bond acceptors (Lipinski definition) is 7. The highest BCUT2D eigenvalue weighted by Crippen LogP contribution is 2.34. The average molecular weight is 387 g/mol. The highest BCUT2D eigenvalue weighted by Gasteiger charge is 2.17. The Morgan fingerprint density at radius 2 is 1.93 bits per heavy atom. The summed E-state index contributed by atoms with van der Waals surface area (Å²) in [7, 11) is 0. The largest absolute Gasteiger partial charge is 0.503 e. The van der Waals surface area contributed by atoms with Crippen molar-refractivity contribution in [3.63, 3.8) is 0 Å². The van der Waals surface area contributed by atoms with E-state index in [2.05, 4.69) is 19.9 Å². The van der Waals surface area contributed by atoms with E-state index < -0.39 is 11.3 Å². The van der Waals surface area contributed by atoms with Crippen LogP contribution in [0.25, 0.3) is 43.9 Å². The molecule has 4 heterocycles. The van der Waals surface area contributed by atoms with E-state index >= 15 is 0 Å². The van der Waals surface area contributed by atoms with Crippen LogP contribution in [0.5, 0.6) is 5.75 Å². The zero-order chi connectivity index (χ0) is 19.3. The first-order chi connectivity index (χ1) is 13.6. The molecule has 0 saturated carbocycles. The van der Waals surface area contributed by atoms with Gasteiger partial charge in [-0.05, 0) is 25.1 Å². The minimum absolute atomic E-state index is 0.315. The van der Waals surface area contributed by atoms with Crippen molar-refractivity contribution in [3.05, 3.63) is 64.2 Å². The first-order valence-corrected chi connectivity index (χ1v) is 9.32. The highest BCUT2D eigenvalue weighted by molar-refractivity contribution is 7.15. The molecule has 0 amide bonds. The minimum atomic E-state index is -0.599. The quantitative estimate of drug-likeness (QED) is 0.479. The van der Waals surface area contributed by atoms with Crippen LogP contribution < -0.4 is 5.56 Å². The van der Waals surface area contributed by atoms with Gasteiger partial charge < -0.3 is 10.1 Å². The fraction of sp³-hybridized carbons (Fsp3) is 0.0500. The number of H-pyrrole nitrogens is 1. The number of fused-ring (bicyclic) bond motifs is 2. The van der Waals surface area contributed by atoms with Crippen LogP contribution in [0.4, 0.5) is 0 Å². The van der Waals surface area contributed by atoms with Crippen molar-refractivity contribution in [1.82, 2.24) is 24.9 Å². The van der Waals surface area contributed by atoms with Gasteiger partial charge in [0.1, 0.15) is 11.2 Å². The van der Waals surface area contributed by atoms with E-state index in [1.807, 2.05) is 37.3 Å². The van der Waals surface area contributed by atoms with Crippen molar-refractivity contribution in [2.45, 2.75) is 6.92 Å². The predicted octanol–water partition coefficient (Wildman–Crippen LogP) is 3.67. The van der Waals surface area contributed by atoms with E-state index in [1.165, 1.54) is 17.4 Å². The van der Waals surface area contributed by atoms with Crippen LogP contribution >= 0.6 is 11.3 Å². The van der Waals surface area contributed by atoms with Crippen LogP contribution in [0.1, 0.15) is 5.01 Å². The summed E-state index contributed by atoms with van der Waals surface area (Å²) in [6, 6.07) is 11.1. The number of aromatic hydroxyl groups is 1. The fourth-order valence-electron chi connectivity index (χ4n) is 3.07. The molecule has 5 rings (SSSR count). The smallest absolute Gasteiger partial charge is 0.291 e. The Bertz CT molecular complexity index is 1420. The minimum Gasteiger partial charge on any atom is -0.503 e. The number of aromatic nitrogens is 5. The molecule has 136 valence electrons. The Morgan fingerprint density at radius 3 is 2.75 bits per heavy atom. The van der Waals surface area contributed by atoms with Crippen LogP contribution in [0.15, 0.2) is 53.6 Å². The van der Waals surface area contributed by atoms with E-state index in [4.69, 9.17) is 4.98 Å². The van der Waals surface area contributed by atoms with Crippen molar-refractivity contribution in [3.8, 4) is 27.6 Å². The number of nitrogens with one attached hydrogen (secondary N) is 1. The monoisotopic (exact) mass is 387 g/mol. The van der Waals surface area contributed by atoms with Crippen molar-refractivity contribution in [2.75, 3.05) is 0 Å². The first kappa shape index (κ1) is 16.5. The van der Waals surface area contributed by atoms with Crippen LogP contribution in [0.2, 0.25) is 0 Å². The van der Waals surface area contributed by atoms with Crippen LogP contribution in [-0.4, -0.2) is 30.0 Å². The summed E-state index contributed by atoms with van der Waals surface area (Å²) in [6.07, 6.45) is 3.50. The lowest BCUT2D eigenvalue weighted by molar-refractivity contribution is 0.467. The van der Waals surface area contributed by atoms with Gasteiger partial charge >= 0.3 is 0 Å². The van der Waals surface area contributed by atoms with Gasteiger partial charge in [0.15, 0.2) is 11.4 Å². The van der Waals surface area contributed by atoms with Crippen molar-refractivity contribution >= 4 is 33.4 Å². The molecule has 0 atom stereocenters. The molecule has 1 aromatic carbocycles. The molecule has 0 aliphatic carbocycles. The Labute approximate surface area is 162 Å². The fourth-order valence-corrected chi connectivity index (χ4v) is 3.84. The second-order valence-electron chi connectivity index (χ2n) is 6.29. The number of pyridine rings is 2. The van der Waals surface area contributed by atoms with Crippen LogP contribution in [-0.2, 0) is 0 Å². The van der Waals surface area contributed by atoms with Crippen molar-refractivity contribution in [1.29, 1.82) is 0 Å². The summed E-state index contributed by atoms with van der Waals surface area (Å²) in [6.45, 7) is 1.92. The summed E-state index contributed by atoms with van der Waals surface area (Å²) < 4.78 is 0. The Kier molecular flexibility index (Phi) is 3.66. The molecule has 0 fully saturated rings. The molecule has 0 aliphatic rings. The number of benzene rings is 1.